The van der Waals surface area contributed by atoms with E-state index < -0.39 is 0 Å². The van der Waals surface area contributed by atoms with Gasteiger partial charge in [-0.3, -0.25) is 9.59 Å². The molecule has 0 unspecified atom stereocenters. The summed E-state index contributed by atoms with van der Waals surface area (Å²) in [5.41, 5.74) is 2.50. The summed E-state index contributed by atoms with van der Waals surface area (Å²) in [7, 11) is 0. The van der Waals surface area contributed by atoms with Gasteiger partial charge >= 0.3 is 0 Å². The number of benzene rings is 1. The molecule has 4 rings (SSSR count). The number of rotatable bonds is 2. The van der Waals surface area contributed by atoms with Crippen LogP contribution >= 0.6 is 11.8 Å². The van der Waals surface area contributed by atoms with Crippen LogP contribution in [0.2, 0.25) is 0 Å². The second kappa shape index (κ2) is 5.06. The first-order valence-corrected chi connectivity index (χ1v) is 7.97. The Morgan fingerprint density at radius 3 is 3.05 bits per heavy atom. The number of amides is 1. The molecule has 3 heterocycles. The van der Waals surface area contributed by atoms with Gasteiger partial charge in [0.05, 0.1) is 4.90 Å². The minimum Gasteiger partial charge on any atom is -0.363 e. The monoisotopic (exact) mass is 311 g/mol. The highest BCUT2D eigenvalue weighted by Gasteiger charge is 2.20. The van der Waals surface area contributed by atoms with Crippen LogP contribution in [0.4, 0.5) is 5.69 Å². The highest BCUT2D eigenvalue weighted by Crippen LogP contribution is 2.26. The maximum absolute atomic E-state index is 12.4. The summed E-state index contributed by atoms with van der Waals surface area (Å²) in [5, 5.41) is 3.86. The Balaban J connectivity index is 1.66. The van der Waals surface area contributed by atoms with Gasteiger partial charge in [-0.05, 0) is 30.0 Å². The zero-order chi connectivity index (χ0) is 15.1. The van der Waals surface area contributed by atoms with Gasteiger partial charge in [-0.25, -0.2) is 0 Å². The quantitative estimate of drug-likeness (QED) is 0.681. The molecule has 1 aliphatic heterocycles. The molecule has 0 bridgehead atoms. The van der Waals surface area contributed by atoms with E-state index in [0.29, 0.717) is 10.6 Å². The third kappa shape index (κ3) is 2.12. The van der Waals surface area contributed by atoms with E-state index in [2.05, 4.69) is 15.3 Å². The Hall–Kier alpha value is -2.47. The van der Waals surface area contributed by atoms with E-state index in [-0.39, 0.29) is 16.9 Å². The standard InChI is InChI=1S/C16H13N3O2S/c20-14-11(8-18-12-4-6-22-15(12)14)16(21)19-10-2-1-9-3-5-17-13(9)7-10/h1-3,5,7-8,17H,4,6H2,(H,18,20)(H,19,21). The number of anilines is 1. The number of nitrogens with one attached hydrogen (secondary N) is 3. The highest BCUT2D eigenvalue weighted by atomic mass is 32.2. The van der Waals surface area contributed by atoms with Crippen LogP contribution in [-0.2, 0) is 6.42 Å². The Bertz CT molecular complexity index is 942. The Labute approximate surface area is 130 Å². The molecule has 5 nitrogen and oxygen atoms in total. The smallest absolute Gasteiger partial charge is 0.261 e. The maximum Gasteiger partial charge on any atom is 0.261 e. The Morgan fingerprint density at radius 1 is 1.23 bits per heavy atom. The summed E-state index contributed by atoms with van der Waals surface area (Å²) < 4.78 is 0. The maximum atomic E-state index is 12.4. The predicted molar refractivity (Wildman–Crippen MR) is 87.7 cm³/mol. The number of thioether (sulfide) groups is 1. The molecule has 3 N–H and O–H groups in total. The van der Waals surface area contributed by atoms with E-state index in [9.17, 15) is 9.59 Å². The molecule has 0 spiro atoms. The minimum atomic E-state index is -0.387. The normalized spacial score (nSPS) is 13.3. The van der Waals surface area contributed by atoms with Crippen molar-refractivity contribution in [2.75, 3.05) is 11.1 Å². The zero-order valence-corrected chi connectivity index (χ0v) is 12.4. The topological polar surface area (TPSA) is 77.8 Å². The van der Waals surface area contributed by atoms with Gasteiger partial charge in [0.2, 0.25) is 5.43 Å². The molecule has 1 aromatic carbocycles. The van der Waals surface area contributed by atoms with Crippen molar-refractivity contribution in [2.24, 2.45) is 0 Å². The van der Waals surface area contributed by atoms with Crippen LogP contribution in [0.15, 0.2) is 46.3 Å². The van der Waals surface area contributed by atoms with Gasteiger partial charge in [0.25, 0.3) is 5.91 Å². The number of hydrogen-bond donors (Lipinski definition) is 3. The second-order valence-corrected chi connectivity index (χ2v) is 6.28. The fourth-order valence-electron chi connectivity index (χ4n) is 2.64. The van der Waals surface area contributed by atoms with Crippen molar-refractivity contribution in [1.29, 1.82) is 0 Å². The molecule has 22 heavy (non-hydrogen) atoms. The van der Waals surface area contributed by atoms with Crippen LogP contribution in [0.25, 0.3) is 10.9 Å². The fourth-order valence-corrected chi connectivity index (χ4v) is 3.72. The Kier molecular flexibility index (Phi) is 3.04. The number of carbonyl (C=O) groups is 1. The van der Waals surface area contributed by atoms with Crippen LogP contribution in [0.3, 0.4) is 0 Å². The Morgan fingerprint density at radius 2 is 2.14 bits per heavy atom. The van der Waals surface area contributed by atoms with Crippen molar-refractivity contribution in [3.8, 4) is 0 Å². The number of aryl methyl sites for hydroxylation is 1. The fraction of sp³-hybridized carbons (Fsp3) is 0.125. The van der Waals surface area contributed by atoms with Crippen molar-refractivity contribution in [1.82, 2.24) is 9.97 Å². The number of H-pyrrole nitrogens is 2. The number of hydrogen-bond acceptors (Lipinski definition) is 3. The van der Waals surface area contributed by atoms with Crippen LogP contribution in [0.1, 0.15) is 16.1 Å². The molecule has 3 aromatic rings. The average Bonchev–Trinajstić information content (AvgIpc) is 3.15. The van der Waals surface area contributed by atoms with Gasteiger partial charge in [0.15, 0.2) is 0 Å². The molecular formula is C16H13N3O2S. The summed E-state index contributed by atoms with van der Waals surface area (Å²) >= 11 is 1.51. The lowest BCUT2D eigenvalue weighted by atomic mass is 10.2. The highest BCUT2D eigenvalue weighted by molar-refractivity contribution is 7.99. The van der Waals surface area contributed by atoms with Crippen LogP contribution in [-0.4, -0.2) is 21.6 Å². The summed E-state index contributed by atoms with van der Waals surface area (Å²) in [5.74, 6) is 0.498. The van der Waals surface area contributed by atoms with Gasteiger partial charge in [0, 0.05) is 35.0 Å². The lowest BCUT2D eigenvalue weighted by Gasteiger charge is -2.06. The molecular weight excluding hydrogens is 298 g/mol. The van der Waals surface area contributed by atoms with Crippen molar-refractivity contribution < 1.29 is 4.79 Å². The van der Waals surface area contributed by atoms with E-state index in [1.165, 1.54) is 18.0 Å². The van der Waals surface area contributed by atoms with Gasteiger partial charge in [0.1, 0.15) is 5.56 Å². The number of carbonyl (C=O) groups excluding carboxylic acids is 1. The zero-order valence-electron chi connectivity index (χ0n) is 11.6. The van der Waals surface area contributed by atoms with Gasteiger partial charge in [-0.1, -0.05) is 6.07 Å². The van der Waals surface area contributed by atoms with Crippen LogP contribution in [0.5, 0.6) is 0 Å². The number of pyridine rings is 1. The van der Waals surface area contributed by atoms with E-state index >= 15 is 0 Å². The molecule has 110 valence electrons. The van der Waals surface area contributed by atoms with Gasteiger partial charge < -0.3 is 15.3 Å². The third-order valence-electron chi connectivity index (χ3n) is 3.77. The van der Waals surface area contributed by atoms with Crippen LogP contribution < -0.4 is 10.7 Å². The lowest BCUT2D eigenvalue weighted by molar-refractivity contribution is 0.102. The van der Waals surface area contributed by atoms with Crippen molar-refractivity contribution in [3.63, 3.8) is 0 Å². The average molecular weight is 311 g/mol. The van der Waals surface area contributed by atoms with E-state index in [1.807, 2.05) is 30.5 Å². The van der Waals surface area contributed by atoms with E-state index in [0.717, 1.165) is 28.8 Å². The first-order chi connectivity index (χ1) is 10.7. The first kappa shape index (κ1) is 13.2. The number of fused-ring (bicyclic) bond motifs is 2. The summed E-state index contributed by atoms with van der Waals surface area (Å²) in [6.07, 6.45) is 4.20. The molecule has 0 saturated carbocycles. The van der Waals surface area contributed by atoms with Crippen LogP contribution in [0, 0.1) is 0 Å². The van der Waals surface area contributed by atoms with Gasteiger partial charge in [-0.2, -0.15) is 0 Å². The van der Waals surface area contributed by atoms with Crippen molar-refractivity contribution in [3.05, 3.63) is 58.1 Å². The largest absolute Gasteiger partial charge is 0.363 e. The molecule has 1 amide bonds. The van der Waals surface area contributed by atoms with E-state index in [1.54, 1.807) is 0 Å². The molecule has 6 heteroatoms. The molecule has 0 saturated heterocycles. The molecule has 0 aliphatic carbocycles. The molecule has 0 radical (unpaired) electrons. The molecule has 1 aliphatic rings. The first-order valence-electron chi connectivity index (χ1n) is 6.98. The SMILES string of the molecule is O=C(Nc1ccc2cc[nH]c2c1)c1c[nH]c2c(c1=O)SCC2. The summed E-state index contributed by atoms with van der Waals surface area (Å²) in [6.45, 7) is 0. The molecule has 2 aromatic heterocycles. The molecule has 0 fully saturated rings. The van der Waals surface area contributed by atoms with E-state index in [4.69, 9.17) is 0 Å². The third-order valence-corrected chi connectivity index (χ3v) is 4.90. The number of aromatic nitrogens is 2. The second-order valence-electron chi connectivity index (χ2n) is 5.17. The van der Waals surface area contributed by atoms with Crippen molar-refractivity contribution >= 4 is 34.3 Å². The summed E-state index contributed by atoms with van der Waals surface area (Å²) in [4.78, 5) is 31.5. The van der Waals surface area contributed by atoms with Crippen molar-refractivity contribution in [2.45, 2.75) is 11.3 Å². The minimum absolute atomic E-state index is 0.153. The summed E-state index contributed by atoms with van der Waals surface area (Å²) in [6, 6.07) is 7.56. The lowest BCUT2D eigenvalue weighted by Crippen LogP contribution is -2.23. The molecule has 0 atom stereocenters. The van der Waals surface area contributed by atoms with Gasteiger partial charge in [-0.15, -0.1) is 11.8 Å². The number of aromatic amines is 2. The predicted octanol–water partition coefficient (Wildman–Crippen LogP) is 2.76.